The molecule has 2 aromatic carbocycles. The van der Waals surface area contributed by atoms with E-state index in [1.807, 2.05) is 24.3 Å². The van der Waals surface area contributed by atoms with E-state index in [-0.39, 0.29) is 5.82 Å². The number of nitrogens with two attached hydrogens (primary N) is 1. The van der Waals surface area contributed by atoms with Crippen molar-refractivity contribution in [3.63, 3.8) is 0 Å². The molecule has 2 nitrogen and oxygen atoms in total. The van der Waals surface area contributed by atoms with E-state index < -0.39 is 5.54 Å². The van der Waals surface area contributed by atoms with Gasteiger partial charge >= 0.3 is 0 Å². The Morgan fingerprint density at radius 1 is 1.16 bits per heavy atom. The van der Waals surface area contributed by atoms with E-state index in [1.54, 1.807) is 19.2 Å². The standard InChI is InChI=1S/C16H16FNO/c1-19-15-5-3-2-4-14(15)16(18)9-8-11-10-12(17)6-7-13(11)16/h2-7,10H,8-9,18H2,1H3. The monoisotopic (exact) mass is 257 g/mol. The molecule has 98 valence electrons. The summed E-state index contributed by atoms with van der Waals surface area (Å²) in [6, 6.07) is 12.6. The fourth-order valence-corrected chi connectivity index (χ4v) is 2.96. The summed E-state index contributed by atoms with van der Waals surface area (Å²) in [4.78, 5) is 0. The SMILES string of the molecule is COc1ccccc1C1(N)CCc2cc(F)ccc21. The van der Waals surface area contributed by atoms with Gasteiger partial charge in [0.05, 0.1) is 12.6 Å². The van der Waals surface area contributed by atoms with Gasteiger partial charge in [-0.2, -0.15) is 0 Å². The van der Waals surface area contributed by atoms with E-state index in [9.17, 15) is 4.39 Å². The molecule has 2 N–H and O–H groups in total. The quantitative estimate of drug-likeness (QED) is 0.897. The molecule has 0 fully saturated rings. The van der Waals surface area contributed by atoms with Gasteiger partial charge in [-0.05, 0) is 42.2 Å². The van der Waals surface area contributed by atoms with Gasteiger partial charge in [0.1, 0.15) is 11.6 Å². The Labute approximate surface area is 112 Å². The Kier molecular flexibility index (Phi) is 2.79. The van der Waals surface area contributed by atoms with Crippen LogP contribution in [0.3, 0.4) is 0 Å². The van der Waals surface area contributed by atoms with Crippen LogP contribution < -0.4 is 10.5 Å². The summed E-state index contributed by atoms with van der Waals surface area (Å²) in [7, 11) is 1.64. The van der Waals surface area contributed by atoms with E-state index in [2.05, 4.69) is 0 Å². The number of rotatable bonds is 2. The van der Waals surface area contributed by atoms with Crippen molar-refractivity contribution in [1.29, 1.82) is 0 Å². The lowest BCUT2D eigenvalue weighted by Gasteiger charge is -2.27. The van der Waals surface area contributed by atoms with E-state index in [0.29, 0.717) is 0 Å². The minimum absolute atomic E-state index is 0.206. The van der Waals surface area contributed by atoms with Crippen LogP contribution in [0.4, 0.5) is 4.39 Å². The number of hydrogen-bond acceptors (Lipinski definition) is 2. The van der Waals surface area contributed by atoms with E-state index >= 15 is 0 Å². The molecule has 2 aromatic rings. The molecule has 0 heterocycles. The zero-order valence-electron chi connectivity index (χ0n) is 10.8. The second kappa shape index (κ2) is 4.35. The predicted molar refractivity (Wildman–Crippen MR) is 72.7 cm³/mol. The number of benzene rings is 2. The highest BCUT2D eigenvalue weighted by Gasteiger charge is 2.38. The zero-order valence-corrected chi connectivity index (χ0v) is 10.8. The average Bonchev–Trinajstić information content (AvgIpc) is 2.77. The van der Waals surface area contributed by atoms with Gasteiger partial charge in [0.25, 0.3) is 0 Å². The fraction of sp³-hybridized carbons (Fsp3) is 0.250. The van der Waals surface area contributed by atoms with Crippen molar-refractivity contribution in [3.05, 3.63) is 65.0 Å². The molecule has 1 atom stereocenters. The first-order chi connectivity index (χ1) is 9.15. The van der Waals surface area contributed by atoms with Crippen molar-refractivity contribution >= 4 is 0 Å². The third-order valence-corrected chi connectivity index (χ3v) is 3.92. The van der Waals surface area contributed by atoms with Crippen LogP contribution >= 0.6 is 0 Å². The Morgan fingerprint density at radius 2 is 1.95 bits per heavy atom. The maximum Gasteiger partial charge on any atom is 0.124 e. The lowest BCUT2D eigenvalue weighted by Crippen LogP contribution is -2.35. The number of hydrogen-bond donors (Lipinski definition) is 1. The Hall–Kier alpha value is -1.87. The number of ether oxygens (including phenoxy) is 1. The molecule has 3 heteroatoms. The van der Waals surface area contributed by atoms with Gasteiger partial charge < -0.3 is 10.5 Å². The molecule has 0 aromatic heterocycles. The first-order valence-electron chi connectivity index (χ1n) is 6.36. The molecule has 3 rings (SSSR count). The zero-order chi connectivity index (χ0) is 13.5. The third kappa shape index (κ3) is 1.81. The molecule has 0 saturated heterocycles. The number of fused-ring (bicyclic) bond motifs is 1. The molecule has 19 heavy (non-hydrogen) atoms. The molecule has 1 aliphatic carbocycles. The molecule has 0 saturated carbocycles. The van der Waals surface area contributed by atoms with E-state index in [0.717, 1.165) is 35.3 Å². The summed E-state index contributed by atoms with van der Waals surface area (Å²) in [5.74, 6) is 0.574. The Balaban J connectivity index is 2.16. The topological polar surface area (TPSA) is 35.2 Å². The van der Waals surface area contributed by atoms with Gasteiger partial charge in [-0.3, -0.25) is 0 Å². The maximum atomic E-state index is 13.3. The van der Waals surface area contributed by atoms with Gasteiger partial charge in [0.2, 0.25) is 0 Å². The van der Waals surface area contributed by atoms with Crippen LogP contribution in [0.2, 0.25) is 0 Å². The normalized spacial score (nSPS) is 21.2. The van der Waals surface area contributed by atoms with Gasteiger partial charge in [0.15, 0.2) is 0 Å². The number of methoxy groups -OCH3 is 1. The Bertz CT molecular complexity index is 626. The fourth-order valence-electron chi connectivity index (χ4n) is 2.96. The lowest BCUT2D eigenvalue weighted by atomic mass is 9.84. The van der Waals surface area contributed by atoms with Crippen molar-refractivity contribution in [3.8, 4) is 5.75 Å². The van der Waals surface area contributed by atoms with E-state index in [4.69, 9.17) is 10.5 Å². The van der Waals surface area contributed by atoms with Gasteiger partial charge in [-0.25, -0.2) is 4.39 Å². The molecule has 0 spiro atoms. The maximum absolute atomic E-state index is 13.3. The van der Waals surface area contributed by atoms with Crippen molar-refractivity contribution in [2.24, 2.45) is 5.73 Å². The number of para-hydroxylation sites is 1. The number of aryl methyl sites for hydroxylation is 1. The van der Waals surface area contributed by atoms with Crippen molar-refractivity contribution < 1.29 is 9.13 Å². The summed E-state index contributed by atoms with van der Waals surface area (Å²) in [6.45, 7) is 0. The first-order valence-corrected chi connectivity index (χ1v) is 6.36. The lowest BCUT2D eigenvalue weighted by molar-refractivity contribution is 0.393. The van der Waals surface area contributed by atoms with Crippen LogP contribution in [0.1, 0.15) is 23.1 Å². The molecular weight excluding hydrogens is 241 g/mol. The smallest absolute Gasteiger partial charge is 0.124 e. The van der Waals surface area contributed by atoms with Crippen LogP contribution in [0.5, 0.6) is 5.75 Å². The highest BCUT2D eigenvalue weighted by molar-refractivity contribution is 5.51. The van der Waals surface area contributed by atoms with Crippen molar-refractivity contribution in [2.45, 2.75) is 18.4 Å². The molecule has 0 radical (unpaired) electrons. The third-order valence-electron chi connectivity index (χ3n) is 3.92. The minimum Gasteiger partial charge on any atom is -0.496 e. The van der Waals surface area contributed by atoms with Gasteiger partial charge in [-0.1, -0.05) is 24.3 Å². The average molecular weight is 257 g/mol. The van der Waals surface area contributed by atoms with Gasteiger partial charge in [0, 0.05) is 5.56 Å². The van der Waals surface area contributed by atoms with Crippen LogP contribution in [-0.4, -0.2) is 7.11 Å². The van der Waals surface area contributed by atoms with Gasteiger partial charge in [-0.15, -0.1) is 0 Å². The largest absolute Gasteiger partial charge is 0.496 e. The second-order valence-corrected chi connectivity index (χ2v) is 4.97. The molecule has 1 aliphatic rings. The molecule has 1 unspecified atom stereocenters. The van der Waals surface area contributed by atoms with Crippen molar-refractivity contribution in [2.75, 3.05) is 7.11 Å². The molecule has 0 aliphatic heterocycles. The summed E-state index contributed by atoms with van der Waals surface area (Å²) >= 11 is 0. The minimum atomic E-state index is -0.588. The van der Waals surface area contributed by atoms with Crippen molar-refractivity contribution in [1.82, 2.24) is 0 Å². The first kappa shape index (κ1) is 12.2. The summed E-state index contributed by atoms with van der Waals surface area (Å²) in [5, 5.41) is 0. The van der Waals surface area contributed by atoms with Crippen LogP contribution in [0.15, 0.2) is 42.5 Å². The molecular formula is C16H16FNO. The molecule has 0 amide bonds. The summed E-state index contributed by atoms with van der Waals surface area (Å²) < 4.78 is 18.7. The second-order valence-electron chi connectivity index (χ2n) is 4.97. The summed E-state index contributed by atoms with van der Waals surface area (Å²) in [5.41, 5.74) is 8.98. The highest BCUT2D eigenvalue weighted by atomic mass is 19.1. The summed E-state index contributed by atoms with van der Waals surface area (Å²) in [6.07, 6.45) is 1.56. The predicted octanol–water partition coefficient (Wildman–Crippen LogP) is 2.98. The van der Waals surface area contributed by atoms with Crippen LogP contribution in [0.25, 0.3) is 0 Å². The number of halogens is 1. The Morgan fingerprint density at radius 3 is 2.74 bits per heavy atom. The molecule has 0 bridgehead atoms. The van der Waals surface area contributed by atoms with Crippen LogP contribution in [-0.2, 0) is 12.0 Å². The highest BCUT2D eigenvalue weighted by Crippen LogP contribution is 2.43. The van der Waals surface area contributed by atoms with E-state index in [1.165, 1.54) is 6.07 Å². The van der Waals surface area contributed by atoms with Crippen LogP contribution in [0, 0.1) is 5.82 Å².